The molecule has 19 heavy (non-hydrogen) atoms. The standard InChI is InChI=1S/C14H18F2N2O/c1-9(11-4-5-12(15)13(16)8-11)17-6-7-18-14(19)10-2-3-10/h4-5,8-10,17H,2-3,6-7H2,1H3,(H,18,19). The van der Waals surface area contributed by atoms with E-state index < -0.39 is 11.6 Å². The molecule has 2 N–H and O–H groups in total. The van der Waals surface area contributed by atoms with Gasteiger partial charge in [0.25, 0.3) is 0 Å². The van der Waals surface area contributed by atoms with Crippen LogP contribution in [0.25, 0.3) is 0 Å². The lowest BCUT2D eigenvalue weighted by Gasteiger charge is -2.14. The Kier molecular flexibility index (Phi) is 4.47. The number of benzene rings is 1. The number of carbonyl (C=O) groups is 1. The largest absolute Gasteiger partial charge is 0.355 e. The van der Waals surface area contributed by atoms with Crippen molar-refractivity contribution in [2.75, 3.05) is 13.1 Å². The molecule has 1 saturated carbocycles. The van der Waals surface area contributed by atoms with Crippen molar-refractivity contribution in [3.63, 3.8) is 0 Å². The van der Waals surface area contributed by atoms with Crippen molar-refractivity contribution in [1.82, 2.24) is 10.6 Å². The Hall–Kier alpha value is -1.49. The molecule has 1 aromatic carbocycles. The third-order valence-electron chi connectivity index (χ3n) is 3.27. The molecule has 5 heteroatoms. The van der Waals surface area contributed by atoms with Crippen LogP contribution in [-0.4, -0.2) is 19.0 Å². The first kappa shape index (κ1) is 13.9. The lowest BCUT2D eigenvalue weighted by Crippen LogP contribution is -2.33. The molecular weight excluding hydrogens is 250 g/mol. The second-order valence-electron chi connectivity index (χ2n) is 4.91. The van der Waals surface area contributed by atoms with E-state index in [1.54, 1.807) is 6.07 Å². The molecule has 1 aliphatic carbocycles. The maximum atomic E-state index is 13.1. The average molecular weight is 268 g/mol. The van der Waals surface area contributed by atoms with E-state index in [4.69, 9.17) is 0 Å². The molecule has 1 atom stereocenters. The molecule has 0 saturated heterocycles. The molecule has 0 heterocycles. The molecule has 0 aromatic heterocycles. The van der Waals surface area contributed by atoms with Crippen molar-refractivity contribution in [3.8, 4) is 0 Å². The van der Waals surface area contributed by atoms with Crippen molar-refractivity contribution in [1.29, 1.82) is 0 Å². The van der Waals surface area contributed by atoms with E-state index in [1.165, 1.54) is 6.07 Å². The van der Waals surface area contributed by atoms with Crippen LogP contribution in [0.2, 0.25) is 0 Å². The SMILES string of the molecule is CC(NCCNC(=O)C1CC1)c1ccc(F)c(F)c1. The Bertz CT molecular complexity index is 461. The van der Waals surface area contributed by atoms with Gasteiger partial charge in [-0.15, -0.1) is 0 Å². The topological polar surface area (TPSA) is 41.1 Å². The van der Waals surface area contributed by atoms with Crippen LogP contribution in [-0.2, 0) is 4.79 Å². The molecule has 104 valence electrons. The molecular formula is C14H18F2N2O. The molecule has 3 nitrogen and oxygen atoms in total. The number of hydrogen-bond donors (Lipinski definition) is 2. The third-order valence-corrected chi connectivity index (χ3v) is 3.27. The second-order valence-corrected chi connectivity index (χ2v) is 4.91. The van der Waals surface area contributed by atoms with Crippen LogP contribution in [0.5, 0.6) is 0 Å². The zero-order valence-corrected chi connectivity index (χ0v) is 10.9. The smallest absolute Gasteiger partial charge is 0.223 e. The van der Waals surface area contributed by atoms with E-state index in [0.29, 0.717) is 18.7 Å². The van der Waals surface area contributed by atoms with Crippen molar-refractivity contribution >= 4 is 5.91 Å². The number of hydrogen-bond acceptors (Lipinski definition) is 2. The predicted molar refractivity (Wildman–Crippen MR) is 68.5 cm³/mol. The van der Waals surface area contributed by atoms with Crippen molar-refractivity contribution in [2.45, 2.75) is 25.8 Å². The molecule has 0 bridgehead atoms. The van der Waals surface area contributed by atoms with E-state index in [-0.39, 0.29) is 17.9 Å². The lowest BCUT2D eigenvalue weighted by molar-refractivity contribution is -0.122. The summed E-state index contributed by atoms with van der Waals surface area (Å²) < 4.78 is 25.9. The maximum Gasteiger partial charge on any atom is 0.223 e. The Balaban J connectivity index is 1.72. The summed E-state index contributed by atoms with van der Waals surface area (Å²) in [5.74, 6) is -1.35. The fourth-order valence-corrected chi connectivity index (χ4v) is 1.86. The minimum Gasteiger partial charge on any atom is -0.355 e. The van der Waals surface area contributed by atoms with Gasteiger partial charge in [0.1, 0.15) is 0 Å². The molecule has 0 radical (unpaired) electrons. The summed E-state index contributed by atoms with van der Waals surface area (Å²) in [5, 5.41) is 5.99. The van der Waals surface area contributed by atoms with Crippen LogP contribution in [0.4, 0.5) is 8.78 Å². The Morgan fingerprint density at radius 1 is 1.32 bits per heavy atom. The van der Waals surface area contributed by atoms with Crippen LogP contribution in [0.3, 0.4) is 0 Å². The second kappa shape index (κ2) is 6.10. The van der Waals surface area contributed by atoms with Gasteiger partial charge in [-0.3, -0.25) is 4.79 Å². The fourth-order valence-electron chi connectivity index (χ4n) is 1.86. The summed E-state index contributed by atoms with van der Waals surface area (Å²) in [6.45, 7) is 3.01. The van der Waals surface area contributed by atoms with Gasteiger partial charge < -0.3 is 10.6 Å². The minimum atomic E-state index is -0.840. The molecule has 1 amide bonds. The number of carbonyl (C=O) groups excluding carboxylic acids is 1. The van der Waals surface area contributed by atoms with Crippen LogP contribution >= 0.6 is 0 Å². The first-order chi connectivity index (χ1) is 9.08. The maximum absolute atomic E-state index is 13.1. The number of amides is 1. The van der Waals surface area contributed by atoms with E-state index in [9.17, 15) is 13.6 Å². The number of halogens is 2. The monoisotopic (exact) mass is 268 g/mol. The zero-order valence-electron chi connectivity index (χ0n) is 10.9. The Morgan fingerprint density at radius 2 is 2.05 bits per heavy atom. The highest BCUT2D eigenvalue weighted by molar-refractivity contribution is 5.80. The van der Waals surface area contributed by atoms with Crippen LogP contribution in [0.15, 0.2) is 18.2 Å². The highest BCUT2D eigenvalue weighted by atomic mass is 19.2. The summed E-state index contributed by atoms with van der Waals surface area (Å²) in [4.78, 5) is 11.4. The Labute approximate surface area is 111 Å². The van der Waals surface area contributed by atoms with Crippen LogP contribution in [0.1, 0.15) is 31.4 Å². The summed E-state index contributed by atoms with van der Waals surface area (Å²) in [6, 6.07) is 3.78. The van der Waals surface area contributed by atoms with Gasteiger partial charge in [-0.2, -0.15) is 0 Å². The third kappa shape index (κ3) is 3.99. The van der Waals surface area contributed by atoms with Crippen molar-refractivity contribution < 1.29 is 13.6 Å². The van der Waals surface area contributed by atoms with E-state index in [1.807, 2.05) is 6.92 Å². The first-order valence-electron chi connectivity index (χ1n) is 6.54. The van der Waals surface area contributed by atoms with Gasteiger partial charge in [0.15, 0.2) is 11.6 Å². The molecule has 1 aromatic rings. The van der Waals surface area contributed by atoms with E-state index in [2.05, 4.69) is 10.6 Å². The van der Waals surface area contributed by atoms with Gasteiger partial charge in [0.2, 0.25) is 5.91 Å². The molecule has 0 spiro atoms. The quantitative estimate of drug-likeness (QED) is 0.776. The van der Waals surface area contributed by atoms with Gasteiger partial charge in [-0.05, 0) is 37.5 Å². The summed E-state index contributed by atoms with van der Waals surface area (Å²) >= 11 is 0. The summed E-state index contributed by atoms with van der Waals surface area (Å²) in [5.41, 5.74) is 0.687. The highest BCUT2D eigenvalue weighted by Crippen LogP contribution is 2.28. The van der Waals surface area contributed by atoms with Gasteiger partial charge in [0, 0.05) is 25.0 Å². The predicted octanol–water partition coefficient (Wildman–Crippen LogP) is 2.14. The molecule has 1 aliphatic rings. The van der Waals surface area contributed by atoms with Crippen LogP contribution < -0.4 is 10.6 Å². The van der Waals surface area contributed by atoms with Gasteiger partial charge in [-0.1, -0.05) is 6.07 Å². The lowest BCUT2D eigenvalue weighted by atomic mass is 10.1. The Morgan fingerprint density at radius 3 is 2.68 bits per heavy atom. The van der Waals surface area contributed by atoms with E-state index >= 15 is 0 Å². The van der Waals surface area contributed by atoms with Gasteiger partial charge in [0.05, 0.1) is 0 Å². The molecule has 2 rings (SSSR count). The fraction of sp³-hybridized carbons (Fsp3) is 0.500. The van der Waals surface area contributed by atoms with Crippen molar-refractivity contribution in [2.24, 2.45) is 5.92 Å². The van der Waals surface area contributed by atoms with Gasteiger partial charge >= 0.3 is 0 Å². The number of rotatable bonds is 6. The first-order valence-corrected chi connectivity index (χ1v) is 6.54. The molecule has 0 aliphatic heterocycles. The molecule has 1 fully saturated rings. The van der Waals surface area contributed by atoms with Crippen molar-refractivity contribution in [3.05, 3.63) is 35.4 Å². The summed E-state index contributed by atoms with van der Waals surface area (Å²) in [7, 11) is 0. The van der Waals surface area contributed by atoms with Gasteiger partial charge in [-0.25, -0.2) is 8.78 Å². The molecule has 1 unspecified atom stereocenters. The zero-order chi connectivity index (χ0) is 13.8. The number of nitrogens with one attached hydrogen (secondary N) is 2. The summed E-state index contributed by atoms with van der Waals surface area (Å²) in [6.07, 6.45) is 1.98. The normalized spacial score (nSPS) is 16.2. The van der Waals surface area contributed by atoms with Crippen LogP contribution in [0, 0.1) is 17.6 Å². The van der Waals surface area contributed by atoms with E-state index in [0.717, 1.165) is 18.9 Å². The minimum absolute atomic E-state index is 0.0899. The highest BCUT2D eigenvalue weighted by Gasteiger charge is 2.28. The average Bonchev–Trinajstić information content (AvgIpc) is 3.21.